The van der Waals surface area contributed by atoms with Gasteiger partial charge in [0.05, 0.1) is 7.11 Å². The normalized spacial score (nSPS) is 12.5. The summed E-state index contributed by atoms with van der Waals surface area (Å²) >= 11 is 5.97. The van der Waals surface area contributed by atoms with Crippen LogP contribution in [0.1, 0.15) is 31.7 Å². The van der Waals surface area contributed by atoms with E-state index < -0.39 is 0 Å². The quantitative estimate of drug-likeness (QED) is 0.829. The summed E-state index contributed by atoms with van der Waals surface area (Å²) < 4.78 is 5.29. The second-order valence-electron chi connectivity index (χ2n) is 4.06. The Morgan fingerprint density at radius 3 is 2.81 bits per heavy atom. The van der Waals surface area contributed by atoms with E-state index in [-0.39, 0.29) is 6.04 Å². The third kappa shape index (κ3) is 4.03. The third-order valence-corrected chi connectivity index (χ3v) is 2.89. The van der Waals surface area contributed by atoms with E-state index in [1.54, 1.807) is 7.11 Å². The van der Waals surface area contributed by atoms with Crippen LogP contribution in [-0.2, 0) is 6.42 Å². The van der Waals surface area contributed by atoms with E-state index >= 15 is 0 Å². The van der Waals surface area contributed by atoms with Crippen LogP contribution in [0.4, 0.5) is 0 Å². The summed E-state index contributed by atoms with van der Waals surface area (Å²) in [7, 11) is 1.67. The molecule has 90 valence electrons. The van der Waals surface area contributed by atoms with Gasteiger partial charge in [0, 0.05) is 11.1 Å². The lowest BCUT2D eigenvalue weighted by atomic mass is 10.0. The minimum atomic E-state index is 0.187. The first-order valence-corrected chi connectivity index (χ1v) is 6.13. The van der Waals surface area contributed by atoms with E-state index in [9.17, 15) is 0 Å². The van der Waals surface area contributed by atoms with Gasteiger partial charge in [-0.15, -0.1) is 0 Å². The Morgan fingerprint density at radius 1 is 1.44 bits per heavy atom. The second kappa shape index (κ2) is 6.77. The van der Waals surface area contributed by atoms with Gasteiger partial charge >= 0.3 is 0 Å². The molecule has 0 spiro atoms. The monoisotopic (exact) mass is 241 g/mol. The van der Waals surface area contributed by atoms with E-state index in [1.165, 1.54) is 12.8 Å². The van der Waals surface area contributed by atoms with Crippen molar-refractivity contribution in [3.8, 4) is 5.75 Å². The van der Waals surface area contributed by atoms with Crippen LogP contribution < -0.4 is 10.5 Å². The first kappa shape index (κ1) is 13.3. The van der Waals surface area contributed by atoms with Gasteiger partial charge < -0.3 is 10.5 Å². The molecule has 1 atom stereocenters. The number of ether oxygens (including phenoxy) is 1. The minimum absolute atomic E-state index is 0.187. The van der Waals surface area contributed by atoms with Crippen LogP contribution in [0, 0.1) is 0 Å². The number of methoxy groups -OCH3 is 1. The van der Waals surface area contributed by atoms with Crippen LogP contribution in [0.2, 0.25) is 5.02 Å². The zero-order chi connectivity index (χ0) is 12.0. The Morgan fingerprint density at radius 2 is 2.19 bits per heavy atom. The Balaban J connectivity index is 2.67. The SMILES string of the molecule is CCCCC(N)Cc1cc(Cl)ccc1OC. The number of rotatable bonds is 6. The van der Waals surface area contributed by atoms with Gasteiger partial charge in [0.25, 0.3) is 0 Å². The predicted molar refractivity (Wildman–Crippen MR) is 69.2 cm³/mol. The van der Waals surface area contributed by atoms with Gasteiger partial charge in [-0.25, -0.2) is 0 Å². The van der Waals surface area contributed by atoms with Crippen LogP contribution >= 0.6 is 11.6 Å². The summed E-state index contributed by atoms with van der Waals surface area (Å²) in [5, 5.41) is 0.735. The highest BCUT2D eigenvalue weighted by molar-refractivity contribution is 6.30. The van der Waals surface area contributed by atoms with Crippen molar-refractivity contribution >= 4 is 11.6 Å². The van der Waals surface area contributed by atoms with Gasteiger partial charge in [0.15, 0.2) is 0 Å². The molecule has 0 saturated heterocycles. The van der Waals surface area contributed by atoms with Crippen LogP contribution in [0.25, 0.3) is 0 Å². The van der Waals surface area contributed by atoms with Crippen LogP contribution in [0.5, 0.6) is 5.75 Å². The van der Waals surface area contributed by atoms with E-state index in [0.29, 0.717) is 0 Å². The highest BCUT2D eigenvalue weighted by Crippen LogP contribution is 2.24. The van der Waals surface area contributed by atoms with Crippen molar-refractivity contribution in [1.82, 2.24) is 0 Å². The van der Waals surface area contributed by atoms with Crippen LogP contribution in [0.3, 0.4) is 0 Å². The Kier molecular flexibility index (Phi) is 5.64. The fourth-order valence-electron chi connectivity index (χ4n) is 1.76. The van der Waals surface area contributed by atoms with Gasteiger partial charge in [-0.2, -0.15) is 0 Å². The fraction of sp³-hybridized carbons (Fsp3) is 0.538. The molecule has 0 aromatic heterocycles. The van der Waals surface area contributed by atoms with Crippen molar-refractivity contribution in [1.29, 1.82) is 0 Å². The molecule has 0 amide bonds. The molecule has 1 rings (SSSR count). The number of hydrogen-bond acceptors (Lipinski definition) is 2. The molecular formula is C13H20ClNO. The van der Waals surface area contributed by atoms with Gasteiger partial charge in [-0.3, -0.25) is 0 Å². The van der Waals surface area contributed by atoms with Crippen molar-refractivity contribution in [3.05, 3.63) is 28.8 Å². The van der Waals surface area contributed by atoms with E-state index in [2.05, 4.69) is 6.92 Å². The molecule has 0 aliphatic carbocycles. The Bertz CT molecular complexity index is 328. The summed E-state index contributed by atoms with van der Waals surface area (Å²) in [5.74, 6) is 0.872. The zero-order valence-corrected chi connectivity index (χ0v) is 10.8. The maximum absolute atomic E-state index is 6.07. The molecule has 2 N–H and O–H groups in total. The highest BCUT2D eigenvalue weighted by Gasteiger charge is 2.09. The smallest absolute Gasteiger partial charge is 0.122 e. The molecular weight excluding hydrogens is 222 g/mol. The molecule has 0 heterocycles. The van der Waals surface area contributed by atoms with E-state index in [4.69, 9.17) is 22.1 Å². The number of halogens is 1. The molecule has 3 heteroatoms. The molecule has 2 nitrogen and oxygen atoms in total. The summed E-state index contributed by atoms with van der Waals surface area (Å²) in [6, 6.07) is 5.85. The minimum Gasteiger partial charge on any atom is -0.496 e. The average Bonchev–Trinajstić information content (AvgIpc) is 2.27. The second-order valence-corrected chi connectivity index (χ2v) is 4.50. The number of benzene rings is 1. The molecule has 0 aliphatic heterocycles. The van der Waals surface area contributed by atoms with Crippen molar-refractivity contribution in [3.63, 3.8) is 0 Å². The lowest BCUT2D eigenvalue weighted by Crippen LogP contribution is -2.22. The first-order valence-electron chi connectivity index (χ1n) is 5.75. The topological polar surface area (TPSA) is 35.2 Å². The summed E-state index contributed by atoms with van der Waals surface area (Å²) in [4.78, 5) is 0. The Labute approximate surface area is 103 Å². The van der Waals surface area contributed by atoms with Crippen molar-refractivity contribution < 1.29 is 4.74 Å². The van der Waals surface area contributed by atoms with Gasteiger partial charge in [0.2, 0.25) is 0 Å². The maximum Gasteiger partial charge on any atom is 0.122 e. The largest absolute Gasteiger partial charge is 0.496 e. The lowest BCUT2D eigenvalue weighted by Gasteiger charge is -2.14. The summed E-state index contributed by atoms with van der Waals surface area (Å²) in [5.41, 5.74) is 7.16. The predicted octanol–water partition coefficient (Wildman–Crippen LogP) is 3.41. The summed E-state index contributed by atoms with van der Waals surface area (Å²) in [6.07, 6.45) is 4.22. The molecule has 1 aromatic rings. The zero-order valence-electron chi connectivity index (χ0n) is 10.0. The van der Waals surface area contributed by atoms with Crippen molar-refractivity contribution in [2.24, 2.45) is 5.73 Å². The molecule has 0 saturated carbocycles. The van der Waals surface area contributed by atoms with E-state index in [0.717, 1.165) is 29.2 Å². The first-order chi connectivity index (χ1) is 7.67. The average molecular weight is 242 g/mol. The van der Waals surface area contributed by atoms with Crippen LogP contribution in [0.15, 0.2) is 18.2 Å². The van der Waals surface area contributed by atoms with Crippen molar-refractivity contribution in [2.75, 3.05) is 7.11 Å². The number of nitrogens with two attached hydrogens (primary N) is 1. The fourth-order valence-corrected chi connectivity index (χ4v) is 1.95. The number of hydrogen-bond donors (Lipinski definition) is 1. The lowest BCUT2D eigenvalue weighted by molar-refractivity contribution is 0.407. The molecule has 0 bridgehead atoms. The Hall–Kier alpha value is -0.730. The molecule has 0 fully saturated rings. The van der Waals surface area contributed by atoms with Gasteiger partial charge in [-0.1, -0.05) is 31.4 Å². The van der Waals surface area contributed by atoms with E-state index in [1.807, 2.05) is 18.2 Å². The summed E-state index contributed by atoms with van der Waals surface area (Å²) in [6.45, 7) is 2.17. The van der Waals surface area contributed by atoms with Gasteiger partial charge in [-0.05, 0) is 36.6 Å². The van der Waals surface area contributed by atoms with Gasteiger partial charge in [0.1, 0.15) is 5.75 Å². The highest BCUT2D eigenvalue weighted by atomic mass is 35.5. The molecule has 1 unspecified atom stereocenters. The molecule has 16 heavy (non-hydrogen) atoms. The third-order valence-electron chi connectivity index (χ3n) is 2.65. The molecule has 0 aliphatic rings. The van der Waals surface area contributed by atoms with Crippen LogP contribution in [-0.4, -0.2) is 13.2 Å². The van der Waals surface area contributed by atoms with Crippen molar-refractivity contribution in [2.45, 2.75) is 38.6 Å². The molecule has 1 aromatic carbocycles. The number of unbranched alkanes of at least 4 members (excludes halogenated alkanes) is 1. The maximum atomic E-state index is 6.07. The molecule has 0 radical (unpaired) electrons. The standard InChI is InChI=1S/C13H20ClNO/c1-3-4-5-12(15)9-10-8-11(14)6-7-13(10)16-2/h6-8,12H,3-5,9,15H2,1-2H3.